The van der Waals surface area contributed by atoms with Crippen LogP contribution in [0.15, 0.2) is 63.4 Å². The van der Waals surface area contributed by atoms with E-state index in [2.05, 4.69) is 0 Å². The van der Waals surface area contributed by atoms with Gasteiger partial charge in [-0.1, -0.05) is 25.1 Å². The predicted molar refractivity (Wildman–Crippen MR) is 198 cm³/mol. The molecular formula is C40H59O11P. The van der Waals surface area contributed by atoms with Crippen molar-refractivity contribution in [2.45, 2.75) is 151 Å². The van der Waals surface area contributed by atoms with Gasteiger partial charge in [0.25, 0.3) is 7.37 Å². The molecule has 0 amide bonds. The molecule has 0 aliphatic heterocycles. The third-order valence-electron chi connectivity index (χ3n) is 8.73. The molecule has 5 atom stereocenters. The number of carbonyl (C=O) groups is 2. The minimum Gasteiger partial charge on any atom is -0.461 e. The van der Waals surface area contributed by atoms with Gasteiger partial charge in [0, 0.05) is 11.2 Å². The standard InChI is InChI=1S/C40H59O11P/c1-26(2)48-30(7)37(41)28(5)29(6)44-22-32-18-21-35(50-32)25-47-52(43,36-16-14-13-15-17-36)40(11,12)46-24-34-20-19-33(51-34)23-45-39(9,10)38(42)31(8)49-27(3)4/h13-21,26-31H,22-25H2,1-12H3. The van der Waals surface area contributed by atoms with Crippen molar-refractivity contribution in [1.29, 1.82) is 0 Å². The zero-order chi connectivity index (χ0) is 38.9. The number of furan rings is 2. The Balaban J connectivity index is 1.62. The SMILES string of the molecule is CC(C)OC(C)C(=O)C(C)C(C)OCc1ccc(COP(=O)(c2ccccc2)C(C)(C)OCc2ccc(COC(C)(C)C(=O)C(C)OC(C)C)o2)o1. The van der Waals surface area contributed by atoms with E-state index in [1.807, 2.05) is 47.6 Å². The first-order valence-corrected chi connectivity index (χ1v) is 19.6. The van der Waals surface area contributed by atoms with Gasteiger partial charge in [0.2, 0.25) is 0 Å². The van der Waals surface area contributed by atoms with Crippen LogP contribution in [0.4, 0.5) is 0 Å². The Morgan fingerprint density at radius 3 is 1.67 bits per heavy atom. The molecule has 3 rings (SSSR count). The van der Waals surface area contributed by atoms with Crippen molar-refractivity contribution >= 4 is 24.2 Å². The smallest absolute Gasteiger partial charge is 0.262 e. The Morgan fingerprint density at radius 1 is 0.654 bits per heavy atom. The largest absolute Gasteiger partial charge is 0.461 e. The molecule has 0 radical (unpaired) electrons. The molecule has 2 heterocycles. The Morgan fingerprint density at radius 2 is 1.13 bits per heavy atom. The summed E-state index contributed by atoms with van der Waals surface area (Å²) in [6.07, 6.45) is -1.62. The Kier molecular flexibility index (Phi) is 15.8. The molecule has 0 saturated carbocycles. The summed E-state index contributed by atoms with van der Waals surface area (Å²) >= 11 is 0. The third kappa shape index (κ3) is 12.1. The van der Waals surface area contributed by atoms with Crippen molar-refractivity contribution in [2.24, 2.45) is 5.92 Å². The quantitative estimate of drug-likeness (QED) is 0.0865. The topological polar surface area (TPSA) is 133 Å². The number of hydrogen-bond donors (Lipinski definition) is 0. The van der Waals surface area contributed by atoms with Gasteiger partial charge < -0.3 is 37.0 Å². The molecule has 290 valence electrons. The number of carbonyl (C=O) groups excluding carboxylic acids is 2. The second-order valence-corrected chi connectivity index (χ2v) is 17.6. The Labute approximate surface area is 309 Å². The van der Waals surface area contributed by atoms with E-state index in [1.54, 1.807) is 90.1 Å². The second-order valence-electron chi connectivity index (χ2n) is 14.7. The van der Waals surface area contributed by atoms with Crippen LogP contribution in [0.25, 0.3) is 0 Å². The van der Waals surface area contributed by atoms with E-state index in [4.69, 9.17) is 37.0 Å². The normalized spacial score (nSPS) is 16.1. The van der Waals surface area contributed by atoms with Gasteiger partial charge in [-0.3, -0.25) is 14.2 Å². The van der Waals surface area contributed by atoms with Crippen LogP contribution in [-0.4, -0.2) is 53.0 Å². The van der Waals surface area contributed by atoms with Crippen molar-refractivity contribution in [3.63, 3.8) is 0 Å². The summed E-state index contributed by atoms with van der Waals surface area (Å²) in [7, 11) is -3.68. The summed E-state index contributed by atoms with van der Waals surface area (Å²) in [6.45, 7) is 21.7. The first-order valence-electron chi connectivity index (χ1n) is 18.0. The molecular weight excluding hydrogens is 687 g/mol. The molecule has 52 heavy (non-hydrogen) atoms. The van der Waals surface area contributed by atoms with Crippen LogP contribution < -0.4 is 5.30 Å². The highest BCUT2D eigenvalue weighted by Crippen LogP contribution is 2.59. The highest BCUT2D eigenvalue weighted by molar-refractivity contribution is 7.68. The van der Waals surface area contributed by atoms with E-state index in [0.717, 1.165) is 0 Å². The fourth-order valence-corrected chi connectivity index (χ4v) is 7.71. The fraction of sp³-hybridized carbons (Fsp3) is 0.600. The maximum atomic E-state index is 14.8. The van der Waals surface area contributed by atoms with E-state index in [1.165, 1.54) is 0 Å². The molecule has 1 aromatic carbocycles. The zero-order valence-corrected chi connectivity index (χ0v) is 33.8. The lowest BCUT2D eigenvalue weighted by Gasteiger charge is -2.34. The summed E-state index contributed by atoms with van der Waals surface area (Å²) < 4.78 is 62.3. The van der Waals surface area contributed by atoms with E-state index < -0.39 is 30.5 Å². The lowest BCUT2D eigenvalue weighted by molar-refractivity contribution is -0.155. The Hall–Kier alpha value is -2.89. The van der Waals surface area contributed by atoms with Crippen molar-refractivity contribution in [2.75, 3.05) is 0 Å². The van der Waals surface area contributed by atoms with Crippen molar-refractivity contribution in [3.05, 3.63) is 77.6 Å². The number of rotatable bonds is 23. The zero-order valence-electron chi connectivity index (χ0n) is 32.9. The average molecular weight is 747 g/mol. The maximum Gasteiger partial charge on any atom is 0.262 e. The van der Waals surface area contributed by atoms with Gasteiger partial charge in [-0.25, -0.2) is 0 Å². The maximum absolute atomic E-state index is 14.8. The van der Waals surface area contributed by atoms with Crippen LogP contribution in [0.1, 0.15) is 106 Å². The van der Waals surface area contributed by atoms with Gasteiger partial charge >= 0.3 is 0 Å². The summed E-state index contributed by atoms with van der Waals surface area (Å²) in [5.41, 5.74) is -1.08. The average Bonchev–Trinajstić information content (AvgIpc) is 3.76. The highest BCUT2D eigenvalue weighted by Gasteiger charge is 2.45. The summed E-state index contributed by atoms with van der Waals surface area (Å²) in [5, 5.41) is -0.777. The van der Waals surface area contributed by atoms with Gasteiger partial charge in [0.05, 0.1) is 18.3 Å². The van der Waals surface area contributed by atoms with Crippen LogP contribution in [-0.2, 0) is 68.8 Å². The van der Waals surface area contributed by atoms with Crippen LogP contribution >= 0.6 is 7.37 Å². The van der Waals surface area contributed by atoms with Gasteiger partial charge in [0.15, 0.2) is 11.6 Å². The van der Waals surface area contributed by atoms with E-state index >= 15 is 0 Å². The number of ketones is 2. The second kappa shape index (κ2) is 18.9. The number of benzene rings is 1. The van der Waals surface area contributed by atoms with Crippen LogP contribution in [0.3, 0.4) is 0 Å². The van der Waals surface area contributed by atoms with Gasteiger partial charge in [-0.2, -0.15) is 0 Å². The molecule has 0 aliphatic carbocycles. The molecule has 0 saturated heterocycles. The minimum absolute atomic E-state index is 0.0124. The number of hydrogen-bond acceptors (Lipinski definition) is 11. The van der Waals surface area contributed by atoms with E-state index in [9.17, 15) is 14.2 Å². The van der Waals surface area contributed by atoms with Crippen molar-refractivity contribution < 1.29 is 51.2 Å². The molecule has 3 aromatic rings. The molecule has 0 spiro atoms. The summed E-state index contributed by atoms with van der Waals surface area (Å²) in [5.74, 6) is 1.47. The van der Waals surface area contributed by atoms with Gasteiger partial charge in [-0.05, 0) is 113 Å². The monoisotopic (exact) mass is 746 g/mol. The molecule has 0 bridgehead atoms. The fourth-order valence-electron chi connectivity index (χ4n) is 5.52. The van der Waals surface area contributed by atoms with E-state index in [0.29, 0.717) is 28.3 Å². The van der Waals surface area contributed by atoms with Gasteiger partial charge in [-0.15, -0.1) is 0 Å². The van der Waals surface area contributed by atoms with Crippen molar-refractivity contribution in [1.82, 2.24) is 0 Å². The molecule has 12 heteroatoms. The highest BCUT2D eigenvalue weighted by atomic mass is 31.2. The molecule has 5 unspecified atom stereocenters. The molecule has 2 aromatic heterocycles. The van der Waals surface area contributed by atoms with Crippen LogP contribution in [0, 0.1) is 5.92 Å². The predicted octanol–water partition coefficient (Wildman–Crippen LogP) is 8.55. The summed E-state index contributed by atoms with van der Waals surface area (Å²) in [6, 6.07) is 16.0. The number of ether oxygens (including phenoxy) is 5. The lowest BCUT2D eigenvalue weighted by atomic mass is 9.97. The lowest BCUT2D eigenvalue weighted by Crippen LogP contribution is -2.43. The first-order chi connectivity index (χ1) is 24.3. The first kappa shape index (κ1) is 43.5. The van der Waals surface area contributed by atoms with E-state index in [-0.39, 0.29) is 62.2 Å². The molecule has 0 N–H and O–H groups in total. The minimum atomic E-state index is -3.68. The van der Waals surface area contributed by atoms with Crippen LogP contribution in [0.2, 0.25) is 0 Å². The van der Waals surface area contributed by atoms with Crippen molar-refractivity contribution in [3.8, 4) is 0 Å². The number of Topliss-reactive ketones (excluding diaryl/α,β-unsaturated/α-hetero) is 2. The summed E-state index contributed by atoms with van der Waals surface area (Å²) in [4.78, 5) is 25.6. The molecule has 0 fully saturated rings. The van der Waals surface area contributed by atoms with Crippen LogP contribution in [0.5, 0.6) is 0 Å². The third-order valence-corrected chi connectivity index (χ3v) is 11.7. The van der Waals surface area contributed by atoms with Gasteiger partial charge in [0.1, 0.15) is 72.6 Å². The molecule has 11 nitrogen and oxygen atoms in total. The Bertz CT molecular complexity index is 1600. The molecule has 0 aliphatic rings.